The van der Waals surface area contributed by atoms with Gasteiger partial charge in [0.15, 0.2) is 0 Å². The van der Waals surface area contributed by atoms with Crippen molar-refractivity contribution in [2.45, 2.75) is 32.2 Å². The predicted octanol–water partition coefficient (Wildman–Crippen LogP) is 2.62. The molecule has 0 aromatic heterocycles. The number of hydrogen-bond acceptors (Lipinski definition) is 3. The molecule has 0 aliphatic carbocycles. The van der Waals surface area contributed by atoms with Gasteiger partial charge in [0.05, 0.1) is 7.11 Å². The molecular weight excluding hydrogens is 224 g/mol. The third-order valence-corrected chi connectivity index (χ3v) is 3.82. The van der Waals surface area contributed by atoms with Gasteiger partial charge in [0, 0.05) is 25.3 Å². The summed E-state index contributed by atoms with van der Waals surface area (Å²) in [6, 6.07) is 7.12. The van der Waals surface area contributed by atoms with Gasteiger partial charge in [-0.15, -0.1) is 0 Å². The van der Waals surface area contributed by atoms with E-state index in [-0.39, 0.29) is 0 Å². The molecule has 100 valence electrons. The molecule has 2 rings (SSSR count). The molecule has 1 unspecified atom stereocenters. The second kappa shape index (κ2) is 5.61. The lowest BCUT2D eigenvalue weighted by molar-refractivity contribution is 0.407. The summed E-state index contributed by atoms with van der Waals surface area (Å²) in [6.07, 6.45) is 1.22. The van der Waals surface area contributed by atoms with Gasteiger partial charge in [-0.2, -0.15) is 0 Å². The highest BCUT2D eigenvalue weighted by Gasteiger charge is 2.20. The van der Waals surface area contributed by atoms with E-state index in [2.05, 4.69) is 49.3 Å². The van der Waals surface area contributed by atoms with Crippen LogP contribution in [0.15, 0.2) is 18.2 Å². The van der Waals surface area contributed by atoms with Crippen molar-refractivity contribution in [3.05, 3.63) is 23.8 Å². The maximum atomic E-state index is 5.44. The molecule has 1 atom stereocenters. The number of methoxy groups -OCH3 is 1. The number of rotatable bonds is 4. The third-order valence-electron chi connectivity index (χ3n) is 3.82. The van der Waals surface area contributed by atoms with E-state index in [1.165, 1.54) is 17.7 Å². The van der Waals surface area contributed by atoms with Gasteiger partial charge in [-0.3, -0.25) is 0 Å². The van der Waals surface area contributed by atoms with Crippen LogP contribution in [-0.4, -0.2) is 33.3 Å². The average Bonchev–Trinajstić information content (AvgIpc) is 2.90. The fourth-order valence-corrected chi connectivity index (χ4v) is 2.57. The molecule has 0 amide bonds. The molecule has 0 bridgehead atoms. The monoisotopic (exact) mass is 248 g/mol. The smallest absolute Gasteiger partial charge is 0.122 e. The first-order valence-electron chi connectivity index (χ1n) is 6.75. The molecule has 1 N–H and O–H groups in total. The molecule has 0 saturated carbocycles. The molecule has 3 nitrogen and oxygen atoms in total. The second-order valence-corrected chi connectivity index (χ2v) is 5.34. The highest BCUT2D eigenvalue weighted by molar-refractivity contribution is 5.54. The summed E-state index contributed by atoms with van der Waals surface area (Å²) in [4.78, 5) is 2.38. The Labute approximate surface area is 110 Å². The first-order chi connectivity index (χ1) is 8.63. The van der Waals surface area contributed by atoms with E-state index in [1.54, 1.807) is 7.11 Å². The zero-order valence-electron chi connectivity index (χ0n) is 11.9. The van der Waals surface area contributed by atoms with Crippen molar-refractivity contribution in [2.24, 2.45) is 0 Å². The van der Waals surface area contributed by atoms with Crippen LogP contribution in [0.5, 0.6) is 5.75 Å². The summed E-state index contributed by atoms with van der Waals surface area (Å²) >= 11 is 0. The Morgan fingerprint density at radius 3 is 2.72 bits per heavy atom. The zero-order chi connectivity index (χ0) is 13.1. The number of nitrogens with zero attached hydrogens (tertiary/aromatic N) is 1. The second-order valence-electron chi connectivity index (χ2n) is 5.34. The fourth-order valence-electron chi connectivity index (χ4n) is 2.57. The Kier molecular flexibility index (Phi) is 4.12. The molecule has 1 heterocycles. The third kappa shape index (κ3) is 2.61. The zero-order valence-corrected chi connectivity index (χ0v) is 11.9. The first-order valence-corrected chi connectivity index (χ1v) is 6.75. The van der Waals surface area contributed by atoms with Gasteiger partial charge in [-0.05, 0) is 42.6 Å². The molecule has 0 radical (unpaired) electrons. The van der Waals surface area contributed by atoms with Gasteiger partial charge in [0.25, 0.3) is 0 Å². The van der Waals surface area contributed by atoms with Gasteiger partial charge >= 0.3 is 0 Å². The summed E-state index contributed by atoms with van der Waals surface area (Å²) in [6.45, 7) is 6.62. The number of likely N-dealkylation sites (N-methyl/N-ethyl adjacent to an activating group) is 1. The maximum Gasteiger partial charge on any atom is 0.122 e. The SMILES string of the molecule is COc1ccc(N(C)C2CCNC2)cc1C(C)C. The van der Waals surface area contributed by atoms with Crippen LogP contribution in [0.25, 0.3) is 0 Å². The quantitative estimate of drug-likeness (QED) is 0.886. The van der Waals surface area contributed by atoms with Crippen molar-refractivity contribution in [2.75, 3.05) is 32.1 Å². The average molecular weight is 248 g/mol. The first kappa shape index (κ1) is 13.2. The van der Waals surface area contributed by atoms with E-state index in [0.29, 0.717) is 12.0 Å². The fraction of sp³-hybridized carbons (Fsp3) is 0.600. The van der Waals surface area contributed by atoms with E-state index in [0.717, 1.165) is 18.8 Å². The summed E-state index contributed by atoms with van der Waals surface area (Å²) in [5.41, 5.74) is 2.57. The number of hydrogen-bond donors (Lipinski definition) is 1. The molecule has 0 spiro atoms. The topological polar surface area (TPSA) is 24.5 Å². The molecule has 1 aromatic carbocycles. The van der Waals surface area contributed by atoms with E-state index in [9.17, 15) is 0 Å². The Hall–Kier alpha value is -1.22. The summed E-state index contributed by atoms with van der Waals surface area (Å²) in [5, 5.41) is 3.42. The molecule has 1 aliphatic heterocycles. The van der Waals surface area contributed by atoms with Crippen molar-refractivity contribution < 1.29 is 4.74 Å². The van der Waals surface area contributed by atoms with Crippen molar-refractivity contribution in [3.63, 3.8) is 0 Å². The van der Waals surface area contributed by atoms with Crippen LogP contribution in [0.1, 0.15) is 31.7 Å². The predicted molar refractivity (Wildman–Crippen MR) is 76.8 cm³/mol. The molecule has 3 heteroatoms. The lowest BCUT2D eigenvalue weighted by Crippen LogP contribution is -2.33. The van der Waals surface area contributed by atoms with Crippen LogP contribution in [0.4, 0.5) is 5.69 Å². The van der Waals surface area contributed by atoms with Gasteiger partial charge < -0.3 is 15.0 Å². The van der Waals surface area contributed by atoms with Crippen molar-refractivity contribution in [1.82, 2.24) is 5.32 Å². The number of anilines is 1. The Bertz CT molecular complexity index is 397. The van der Waals surface area contributed by atoms with Gasteiger partial charge in [0.2, 0.25) is 0 Å². The van der Waals surface area contributed by atoms with Crippen LogP contribution in [0, 0.1) is 0 Å². The maximum absolute atomic E-state index is 5.44. The largest absolute Gasteiger partial charge is 0.496 e. The van der Waals surface area contributed by atoms with Gasteiger partial charge in [0.1, 0.15) is 5.75 Å². The van der Waals surface area contributed by atoms with E-state index in [4.69, 9.17) is 4.74 Å². The Morgan fingerprint density at radius 2 is 2.17 bits per heavy atom. The van der Waals surface area contributed by atoms with E-state index < -0.39 is 0 Å². The summed E-state index contributed by atoms with van der Waals surface area (Å²) in [5.74, 6) is 1.47. The van der Waals surface area contributed by atoms with Gasteiger partial charge in [-0.1, -0.05) is 13.8 Å². The van der Waals surface area contributed by atoms with Crippen LogP contribution in [0.2, 0.25) is 0 Å². The Balaban J connectivity index is 2.25. The normalized spacial score (nSPS) is 19.3. The van der Waals surface area contributed by atoms with Crippen LogP contribution >= 0.6 is 0 Å². The minimum atomic E-state index is 0.481. The Morgan fingerprint density at radius 1 is 1.39 bits per heavy atom. The van der Waals surface area contributed by atoms with Crippen molar-refractivity contribution in [1.29, 1.82) is 0 Å². The lowest BCUT2D eigenvalue weighted by Gasteiger charge is -2.27. The van der Waals surface area contributed by atoms with Crippen molar-refractivity contribution >= 4 is 5.69 Å². The van der Waals surface area contributed by atoms with Crippen molar-refractivity contribution in [3.8, 4) is 5.75 Å². The molecule has 1 aliphatic rings. The molecule has 1 fully saturated rings. The standard InChI is InChI=1S/C15H24N2O/c1-11(2)14-9-12(5-6-15(14)18-4)17(3)13-7-8-16-10-13/h5-6,9,11,13,16H,7-8,10H2,1-4H3. The summed E-state index contributed by atoms with van der Waals surface area (Å²) < 4.78 is 5.44. The lowest BCUT2D eigenvalue weighted by atomic mass is 10.0. The molecular formula is C15H24N2O. The highest BCUT2D eigenvalue weighted by Crippen LogP contribution is 2.31. The van der Waals surface area contributed by atoms with E-state index >= 15 is 0 Å². The number of ether oxygens (including phenoxy) is 1. The van der Waals surface area contributed by atoms with Crippen LogP contribution in [0.3, 0.4) is 0 Å². The van der Waals surface area contributed by atoms with Crippen LogP contribution < -0.4 is 15.0 Å². The summed E-state index contributed by atoms with van der Waals surface area (Å²) in [7, 11) is 3.93. The minimum absolute atomic E-state index is 0.481. The highest BCUT2D eigenvalue weighted by atomic mass is 16.5. The molecule has 18 heavy (non-hydrogen) atoms. The molecule has 1 saturated heterocycles. The van der Waals surface area contributed by atoms with Crippen LogP contribution in [-0.2, 0) is 0 Å². The minimum Gasteiger partial charge on any atom is -0.496 e. The number of benzene rings is 1. The number of nitrogens with one attached hydrogen (secondary N) is 1. The molecule has 1 aromatic rings. The van der Waals surface area contributed by atoms with E-state index in [1.807, 2.05) is 0 Å². The van der Waals surface area contributed by atoms with Gasteiger partial charge in [-0.25, -0.2) is 0 Å².